The first-order chi connectivity index (χ1) is 14.8. The monoisotopic (exact) mass is 444 g/mol. The number of benzene rings is 1. The van der Waals surface area contributed by atoms with E-state index in [0.717, 1.165) is 40.8 Å². The van der Waals surface area contributed by atoms with E-state index in [1.807, 2.05) is 31.2 Å². The molecule has 4 aromatic rings. The van der Waals surface area contributed by atoms with E-state index < -0.39 is 11.7 Å². The summed E-state index contributed by atoms with van der Waals surface area (Å²) in [6.45, 7) is 2.98. The van der Waals surface area contributed by atoms with Crippen LogP contribution in [0.25, 0.3) is 15.7 Å². The second-order valence-corrected chi connectivity index (χ2v) is 8.90. The molecule has 0 unspecified atom stereocenters. The van der Waals surface area contributed by atoms with Gasteiger partial charge in [0.2, 0.25) is 0 Å². The number of aryl methyl sites for hydroxylation is 1. The number of thiophene rings is 1. The summed E-state index contributed by atoms with van der Waals surface area (Å²) >= 11 is 1.48. The minimum atomic E-state index is -4.44. The fourth-order valence-electron chi connectivity index (χ4n) is 4.25. The van der Waals surface area contributed by atoms with E-state index in [1.54, 1.807) is 4.90 Å². The molecule has 0 N–H and O–H groups in total. The first kappa shape index (κ1) is 20.0. The Balaban J connectivity index is 1.45. The van der Waals surface area contributed by atoms with Crippen LogP contribution < -0.4 is 0 Å². The Labute approximate surface area is 180 Å². The molecule has 3 aromatic heterocycles. The number of alkyl halides is 3. The molecule has 9 heteroatoms. The van der Waals surface area contributed by atoms with Gasteiger partial charge in [-0.15, -0.1) is 21.5 Å². The van der Waals surface area contributed by atoms with Gasteiger partial charge in [0, 0.05) is 29.9 Å². The van der Waals surface area contributed by atoms with Crippen molar-refractivity contribution in [2.24, 2.45) is 0 Å². The van der Waals surface area contributed by atoms with E-state index >= 15 is 0 Å². The van der Waals surface area contributed by atoms with E-state index in [9.17, 15) is 18.0 Å². The van der Waals surface area contributed by atoms with Crippen LogP contribution in [0.5, 0.6) is 0 Å². The number of rotatable bonds is 2. The van der Waals surface area contributed by atoms with Crippen LogP contribution >= 0.6 is 11.3 Å². The summed E-state index contributed by atoms with van der Waals surface area (Å²) in [6, 6.07) is 10.3. The SMILES string of the molecule is Cc1c(C(=O)N2CCC[C@@H](c3nnc4ccc(C(F)(F)F)cn34)C2)sc2ccccc12. The third-order valence-corrected chi connectivity index (χ3v) is 7.13. The van der Waals surface area contributed by atoms with Gasteiger partial charge in [-0.1, -0.05) is 18.2 Å². The molecule has 1 aromatic carbocycles. The minimum Gasteiger partial charge on any atom is -0.337 e. The Kier molecular flexibility index (Phi) is 4.73. The van der Waals surface area contributed by atoms with Crippen molar-refractivity contribution in [1.29, 1.82) is 0 Å². The number of aromatic nitrogens is 3. The van der Waals surface area contributed by atoms with Gasteiger partial charge in [0.1, 0.15) is 5.82 Å². The standard InChI is InChI=1S/C22H19F3N4OS/c1-13-16-6-2-3-7-17(16)31-19(13)21(30)28-10-4-5-14(11-28)20-27-26-18-9-8-15(12-29(18)20)22(23,24)25/h2-3,6-9,12,14H,4-5,10-11H2,1H3/t14-/m1/s1. The van der Waals surface area contributed by atoms with Gasteiger partial charge < -0.3 is 4.90 Å². The van der Waals surface area contributed by atoms with Crippen molar-refractivity contribution in [2.45, 2.75) is 31.9 Å². The van der Waals surface area contributed by atoms with Crippen molar-refractivity contribution in [1.82, 2.24) is 19.5 Å². The lowest BCUT2D eigenvalue weighted by atomic mass is 9.96. The normalized spacial score (nSPS) is 17.5. The average Bonchev–Trinajstić information content (AvgIpc) is 3.34. The van der Waals surface area contributed by atoms with Crippen LogP contribution in [-0.4, -0.2) is 38.5 Å². The van der Waals surface area contributed by atoms with Gasteiger partial charge in [0.05, 0.1) is 10.4 Å². The van der Waals surface area contributed by atoms with Gasteiger partial charge in [0.25, 0.3) is 5.91 Å². The highest BCUT2D eigenvalue weighted by Gasteiger charge is 2.33. The predicted octanol–water partition coefficient (Wildman–Crippen LogP) is 5.29. The maximum atomic E-state index is 13.3. The van der Waals surface area contributed by atoms with Crippen molar-refractivity contribution < 1.29 is 18.0 Å². The number of carbonyl (C=O) groups excluding carboxylic acids is 1. The third-order valence-electron chi connectivity index (χ3n) is 5.87. The van der Waals surface area contributed by atoms with Crippen LogP contribution in [0.4, 0.5) is 13.2 Å². The summed E-state index contributed by atoms with van der Waals surface area (Å²) in [7, 11) is 0. The van der Waals surface area contributed by atoms with E-state index in [4.69, 9.17) is 0 Å². The summed E-state index contributed by atoms with van der Waals surface area (Å²) in [5.41, 5.74) is 0.591. The number of halogens is 3. The highest BCUT2D eigenvalue weighted by atomic mass is 32.1. The van der Waals surface area contributed by atoms with Gasteiger partial charge in [-0.05, 0) is 48.9 Å². The molecule has 5 nitrogen and oxygen atoms in total. The molecule has 1 amide bonds. The van der Waals surface area contributed by atoms with Gasteiger partial charge in [0.15, 0.2) is 5.65 Å². The summed E-state index contributed by atoms with van der Waals surface area (Å²) in [6.07, 6.45) is -1.90. The molecule has 0 radical (unpaired) electrons. The Morgan fingerprint density at radius 2 is 1.97 bits per heavy atom. The second kappa shape index (κ2) is 7.33. The molecule has 1 saturated heterocycles. The van der Waals surface area contributed by atoms with Gasteiger partial charge in [-0.3, -0.25) is 9.20 Å². The van der Waals surface area contributed by atoms with Crippen molar-refractivity contribution in [2.75, 3.05) is 13.1 Å². The predicted molar refractivity (Wildman–Crippen MR) is 112 cm³/mol. The molecule has 0 aliphatic carbocycles. The topological polar surface area (TPSA) is 50.5 Å². The lowest BCUT2D eigenvalue weighted by molar-refractivity contribution is -0.137. The molecule has 0 bridgehead atoms. The fraction of sp³-hybridized carbons (Fsp3) is 0.318. The Hall–Kier alpha value is -2.94. The van der Waals surface area contributed by atoms with Crippen LogP contribution in [0.15, 0.2) is 42.6 Å². The lowest BCUT2D eigenvalue weighted by Crippen LogP contribution is -2.39. The van der Waals surface area contributed by atoms with Gasteiger partial charge in [-0.2, -0.15) is 13.2 Å². The highest BCUT2D eigenvalue weighted by molar-refractivity contribution is 7.21. The van der Waals surface area contributed by atoms with Crippen molar-refractivity contribution in [3.05, 3.63) is 64.4 Å². The zero-order valence-electron chi connectivity index (χ0n) is 16.7. The Bertz CT molecular complexity index is 1290. The zero-order valence-corrected chi connectivity index (χ0v) is 17.5. The summed E-state index contributed by atoms with van der Waals surface area (Å²) in [5.74, 6) is 0.255. The van der Waals surface area contributed by atoms with Gasteiger partial charge >= 0.3 is 6.18 Å². The number of piperidine rings is 1. The van der Waals surface area contributed by atoms with Gasteiger partial charge in [-0.25, -0.2) is 0 Å². The minimum absolute atomic E-state index is 0.0341. The molecule has 4 heterocycles. The molecule has 31 heavy (non-hydrogen) atoms. The quantitative estimate of drug-likeness (QED) is 0.422. The first-order valence-electron chi connectivity index (χ1n) is 10.0. The van der Waals surface area contributed by atoms with E-state index in [2.05, 4.69) is 10.2 Å². The molecular weight excluding hydrogens is 425 g/mol. The number of carbonyl (C=O) groups is 1. The smallest absolute Gasteiger partial charge is 0.337 e. The van der Waals surface area contributed by atoms with Crippen LogP contribution in [-0.2, 0) is 6.18 Å². The molecule has 0 saturated carbocycles. The number of pyridine rings is 1. The molecular formula is C22H19F3N4OS. The number of nitrogens with zero attached hydrogens (tertiary/aromatic N) is 4. The number of fused-ring (bicyclic) bond motifs is 2. The van der Waals surface area contributed by atoms with Crippen molar-refractivity contribution in [3.63, 3.8) is 0 Å². The number of amides is 1. The van der Waals surface area contributed by atoms with Crippen LogP contribution in [0.2, 0.25) is 0 Å². The van der Waals surface area contributed by atoms with Crippen LogP contribution in [0, 0.1) is 6.92 Å². The molecule has 1 aliphatic rings. The van der Waals surface area contributed by atoms with Crippen LogP contribution in [0.1, 0.15) is 45.4 Å². The van der Waals surface area contributed by atoms with E-state index in [1.165, 1.54) is 21.8 Å². The lowest BCUT2D eigenvalue weighted by Gasteiger charge is -2.32. The summed E-state index contributed by atoms with van der Waals surface area (Å²) < 4.78 is 42.0. The van der Waals surface area contributed by atoms with Crippen molar-refractivity contribution in [3.8, 4) is 0 Å². The molecule has 1 aliphatic heterocycles. The Morgan fingerprint density at radius 1 is 1.16 bits per heavy atom. The van der Waals surface area contributed by atoms with Crippen LogP contribution in [0.3, 0.4) is 0 Å². The summed E-state index contributed by atoms with van der Waals surface area (Å²) in [5, 5.41) is 9.28. The summed E-state index contributed by atoms with van der Waals surface area (Å²) in [4.78, 5) is 15.8. The van der Waals surface area contributed by atoms with Crippen molar-refractivity contribution >= 4 is 33.0 Å². The molecule has 160 valence electrons. The number of hydrogen-bond acceptors (Lipinski definition) is 4. The van der Waals surface area contributed by atoms with E-state index in [-0.39, 0.29) is 11.8 Å². The number of likely N-dealkylation sites (tertiary alicyclic amines) is 1. The molecule has 0 spiro atoms. The highest BCUT2D eigenvalue weighted by Crippen LogP contribution is 2.34. The third kappa shape index (κ3) is 3.46. The molecule has 1 atom stereocenters. The first-order valence-corrected chi connectivity index (χ1v) is 10.8. The maximum absolute atomic E-state index is 13.3. The number of hydrogen-bond donors (Lipinski definition) is 0. The second-order valence-electron chi connectivity index (χ2n) is 7.84. The average molecular weight is 444 g/mol. The molecule has 1 fully saturated rings. The molecule has 5 rings (SSSR count). The van der Waals surface area contributed by atoms with E-state index in [0.29, 0.717) is 29.4 Å². The largest absolute Gasteiger partial charge is 0.417 e. The Morgan fingerprint density at radius 3 is 2.74 bits per heavy atom. The fourth-order valence-corrected chi connectivity index (χ4v) is 5.43. The zero-order chi connectivity index (χ0) is 21.8. The maximum Gasteiger partial charge on any atom is 0.417 e.